The minimum Gasteiger partial charge on any atom is -0.478 e. The number of benzene rings is 2. The number of anilines is 4. The molecule has 0 fully saturated rings. The Bertz CT molecular complexity index is 897. The highest BCUT2D eigenvalue weighted by Gasteiger charge is 2.10. The molecule has 6 nitrogen and oxygen atoms in total. The normalized spacial score (nSPS) is 10.3. The largest absolute Gasteiger partial charge is 0.478 e. The van der Waals surface area contributed by atoms with Crippen LogP contribution in [0.1, 0.15) is 16.1 Å². The van der Waals surface area contributed by atoms with Gasteiger partial charge in [-0.1, -0.05) is 24.3 Å². The smallest absolute Gasteiger partial charge is 0.335 e. The Kier molecular flexibility index (Phi) is 4.61. The van der Waals surface area contributed by atoms with E-state index in [-0.39, 0.29) is 5.56 Å². The van der Waals surface area contributed by atoms with Gasteiger partial charge in [0.15, 0.2) is 0 Å². The van der Waals surface area contributed by atoms with Gasteiger partial charge in [0, 0.05) is 30.2 Å². The van der Waals surface area contributed by atoms with Gasteiger partial charge in [0.25, 0.3) is 0 Å². The molecule has 0 saturated carbocycles. The number of hydrogen-bond acceptors (Lipinski definition) is 5. The van der Waals surface area contributed by atoms with Crippen molar-refractivity contribution < 1.29 is 9.90 Å². The number of aryl methyl sites for hydroxylation is 1. The number of nitrogens with zero attached hydrogens (tertiary/aromatic N) is 3. The first kappa shape index (κ1) is 16.4. The van der Waals surface area contributed by atoms with Crippen LogP contribution in [0, 0.1) is 6.92 Å². The maximum atomic E-state index is 11.1. The van der Waals surface area contributed by atoms with Crippen molar-refractivity contribution in [1.29, 1.82) is 0 Å². The summed E-state index contributed by atoms with van der Waals surface area (Å²) in [7, 11) is 1.90. The molecule has 0 unspecified atom stereocenters. The molecular weight excluding hydrogens is 316 g/mol. The maximum absolute atomic E-state index is 11.1. The Morgan fingerprint density at radius 3 is 2.52 bits per heavy atom. The molecule has 2 N–H and O–H groups in total. The Balaban J connectivity index is 1.89. The lowest BCUT2D eigenvalue weighted by Crippen LogP contribution is -2.14. The van der Waals surface area contributed by atoms with E-state index in [0.717, 1.165) is 11.4 Å². The SMILES string of the molecule is Cc1cc(Nc2cccc(C(=O)O)c2)nc(N(C)c2ccccc2)n1. The van der Waals surface area contributed by atoms with Crippen LogP contribution >= 0.6 is 0 Å². The van der Waals surface area contributed by atoms with Crippen molar-refractivity contribution in [3.63, 3.8) is 0 Å². The van der Waals surface area contributed by atoms with Crippen LogP contribution in [-0.4, -0.2) is 28.1 Å². The van der Waals surface area contributed by atoms with Crippen LogP contribution in [0.2, 0.25) is 0 Å². The van der Waals surface area contributed by atoms with Crippen LogP contribution in [0.15, 0.2) is 60.7 Å². The van der Waals surface area contributed by atoms with Crippen molar-refractivity contribution in [2.75, 3.05) is 17.3 Å². The van der Waals surface area contributed by atoms with Crippen molar-refractivity contribution in [1.82, 2.24) is 9.97 Å². The summed E-state index contributed by atoms with van der Waals surface area (Å²) in [5.41, 5.74) is 2.67. The fourth-order valence-corrected chi connectivity index (χ4v) is 2.41. The standard InChI is InChI=1S/C19H18N4O2/c1-13-11-17(21-15-8-6-7-14(12-15)18(24)25)22-19(20-13)23(2)16-9-4-3-5-10-16/h3-12H,1-2H3,(H,24,25)(H,20,21,22). The van der Waals surface area contributed by atoms with E-state index in [2.05, 4.69) is 15.3 Å². The van der Waals surface area contributed by atoms with Crippen LogP contribution in [-0.2, 0) is 0 Å². The van der Waals surface area contributed by atoms with Crippen LogP contribution in [0.4, 0.5) is 23.1 Å². The summed E-state index contributed by atoms with van der Waals surface area (Å²) >= 11 is 0. The molecule has 3 rings (SSSR count). The highest BCUT2D eigenvalue weighted by molar-refractivity contribution is 5.89. The molecule has 1 heterocycles. The van der Waals surface area contributed by atoms with Crippen LogP contribution < -0.4 is 10.2 Å². The van der Waals surface area contributed by atoms with E-state index in [1.165, 1.54) is 0 Å². The van der Waals surface area contributed by atoms with Crippen molar-refractivity contribution in [2.24, 2.45) is 0 Å². The number of carboxylic acids is 1. The molecule has 0 radical (unpaired) electrons. The predicted molar refractivity (Wildman–Crippen MR) is 98.0 cm³/mol. The molecule has 3 aromatic rings. The molecule has 1 aromatic heterocycles. The molecule has 0 aliphatic heterocycles. The second-order valence-corrected chi connectivity index (χ2v) is 5.60. The number of aromatic carboxylic acids is 1. The zero-order chi connectivity index (χ0) is 17.8. The van der Waals surface area contributed by atoms with E-state index in [0.29, 0.717) is 17.5 Å². The van der Waals surface area contributed by atoms with Gasteiger partial charge in [-0.3, -0.25) is 0 Å². The number of carboxylic acid groups (broad SMARTS) is 1. The summed E-state index contributed by atoms with van der Waals surface area (Å²) in [6.07, 6.45) is 0. The van der Waals surface area contributed by atoms with Gasteiger partial charge >= 0.3 is 5.97 Å². The van der Waals surface area contributed by atoms with Crippen molar-refractivity contribution >= 4 is 29.1 Å². The summed E-state index contributed by atoms with van der Waals surface area (Å²) in [4.78, 5) is 22.0. The maximum Gasteiger partial charge on any atom is 0.335 e. The van der Waals surface area contributed by atoms with E-state index >= 15 is 0 Å². The molecule has 25 heavy (non-hydrogen) atoms. The lowest BCUT2D eigenvalue weighted by molar-refractivity contribution is 0.0697. The van der Waals surface area contributed by atoms with Crippen LogP contribution in [0.3, 0.4) is 0 Å². The Morgan fingerprint density at radius 1 is 1.04 bits per heavy atom. The zero-order valence-corrected chi connectivity index (χ0v) is 14.0. The molecule has 0 amide bonds. The molecule has 0 aliphatic rings. The number of nitrogens with one attached hydrogen (secondary N) is 1. The Hall–Kier alpha value is -3.41. The molecule has 6 heteroatoms. The van der Waals surface area contributed by atoms with E-state index in [4.69, 9.17) is 5.11 Å². The van der Waals surface area contributed by atoms with E-state index in [1.807, 2.05) is 55.3 Å². The summed E-state index contributed by atoms with van der Waals surface area (Å²) in [6, 6.07) is 18.3. The van der Waals surface area contributed by atoms with Crippen molar-refractivity contribution in [3.05, 3.63) is 71.9 Å². The second kappa shape index (κ2) is 7.00. The summed E-state index contributed by atoms with van der Waals surface area (Å²) in [5.74, 6) is 0.197. The van der Waals surface area contributed by atoms with E-state index < -0.39 is 5.97 Å². The first-order chi connectivity index (χ1) is 12.0. The van der Waals surface area contributed by atoms with Gasteiger partial charge in [0.2, 0.25) is 5.95 Å². The number of para-hydroxylation sites is 1. The van der Waals surface area contributed by atoms with Crippen LogP contribution in [0.5, 0.6) is 0 Å². The predicted octanol–water partition coefficient (Wildman–Crippen LogP) is 3.99. The molecule has 0 aliphatic carbocycles. The van der Waals surface area contributed by atoms with E-state index in [1.54, 1.807) is 24.3 Å². The van der Waals surface area contributed by atoms with Gasteiger partial charge in [-0.05, 0) is 37.3 Å². The lowest BCUT2D eigenvalue weighted by atomic mass is 10.2. The second-order valence-electron chi connectivity index (χ2n) is 5.60. The number of rotatable bonds is 5. The third-order valence-electron chi connectivity index (χ3n) is 3.67. The van der Waals surface area contributed by atoms with Crippen LogP contribution in [0.25, 0.3) is 0 Å². The summed E-state index contributed by atoms with van der Waals surface area (Å²) < 4.78 is 0. The van der Waals surface area contributed by atoms with Gasteiger partial charge < -0.3 is 15.3 Å². The van der Waals surface area contributed by atoms with Gasteiger partial charge in [-0.25, -0.2) is 9.78 Å². The molecule has 126 valence electrons. The van der Waals surface area contributed by atoms with Gasteiger partial charge in [-0.15, -0.1) is 0 Å². The first-order valence-electron chi connectivity index (χ1n) is 7.78. The van der Waals surface area contributed by atoms with E-state index in [9.17, 15) is 4.79 Å². The molecule has 0 spiro atoms. The average Bonchev–Trinajstić information content (AvgIpc) is 2.61. The fraction of sp³-hybridized carbons (Fsp3) is 0.105. The Morgan fingerprint density at radius 2 is 1.80 bits per heavy atom. The molecular formula is C19H18N4O2. The molecule has 0 bridgehead atoms. The molecule has 2 aromatic carbocycles. The lowest BCUT2D eigenvalue weighted by Gasteiger charge is -2.18. The quantitative estimate of drug-likeness (QED) is 0.734. The Labute approximate surface area is 145 Å². The highest BCUT2D eigenvalue weighted by Crippen LogP contribution is 2.23. The molecule has 0 saturated heterocycles. The third-order valence-corrected chi connectivity index (χ3v) is 3.67. The van der Waals surface area contributed by atoms with Crippen molar-refractivity contribution in [3.8, 4) is 0 Å². The number of aromatic nitrogens is 2. The highest BCUT2D eigenvalue weighted by atomic mass is 16.4. The monoisotopic (exact) mass is 334 g/mol. The average molecular weight is 334 g/mol. The van der Waals surface area contributed by atoms with Crippen molar-refractivity contribution in [2.45, 2.75) is 6.92 Å². The topological polar surface area (TPSA) is 78.3 Å². The van der Waals surface area contributed by atoms with Gasteiger partial charge in [0.05, 0.1) is 5.56 Å². The first-order valence-corrected chi connectivity index (χ1v) is 7.78. The molecule has 0 atom stereocenters. The minimum absolute atomic E-state index is 0.220. The van der Waals surface area contributed by atoms with Gasteiger partial charge in [-0.2, -0.15) is 4.98 Å². The number of carbonyl (C=O) groups is 1. The fourth-order valence-electron chi connectivity index (χ4n) is 2.41. The minimum atomic E-state index is -0.966. The van der Waals surface area contributed by atoms with Gasteiger partial charge in [0.1, 0.15) is 5.82 Å². The third kappa shape index (κ3) is 3.92. The zero-order valence-electron chi connectivity index (χ0n) is 14.0. The summed E-state index contributed by atoms with van der Waals surface area (Å²) in [6.45, 7) is 1.89. The number of hydrogen-bond donors (Lipinski definition) is 2. The summed E-state index contributed by atoms with van der Waals surface area (Å²) in [5, 5.41) is 12.2.